The number of amides is 3. The van der Waals surface area contributed by atoms with Crippen LogP contribution < -0.4 is 16.0 Å². The minimum atomic E-state index is -3.27. The number of anilines is 1. The monoisotopic (exact) mass is 354 g/mol. The second-order valence-corrected chi connectivity index (χ2v) is 7.91. The maximum Gasteiger partial charge on any atom is 0.312 e. The third-order valence-corrected chi connectivity index (χ3v) is 5.92. The number of nitrogens with zero attached hydrogens (tertiary/aromatic N) is 4. The summed E-state index contributed by atoms with van der Waals surface area (Å²) in [5.74, 6) is -0.0619. The molecule has 3 heterocycles. The maximum absolute atomic E-state index is 12.3. The van der Waals surface area contributed by atoms with E-state index in [4.69, 9.17) is 5.73 Å². The Labute approximate surface area is 139 Å². The normalized spacial score (nSPS) is 25.2. The van der Waals surface area contributed by atoms with Gasteiger partial charge in [-0.15, -0.1) is 0 Å². The van der Waals surface area contributed by atoms with E-state index in [2.05, 4.69) is 15.3 Å². The summed E-state index contributed by atoms with van der Waals surface area (Å²) in [6, 6.07) is -0.00422. The van der Waals surface area contributed by atoms with Crippen LogP contribution in [0.15, 0.2) is 18.5 Å². The van der Waals surface area contributed by atoms with Crippen molar-refractivity contribution in [3.05, 3.63) is 18.5 Å². The first-order valence-corrected chi connectivity index (χ1v) is 9.26. The molecule has 0 unspecified atom stereocenters. The van der Waals surface area contributed by atoms with E-state index in [0.717, 1.165) is 0 Å². The zero-order valence-corrected chi connectivity index (χ0v) is 13.6. The molecule has 2 atom stereocenters. The number of hydrogen-bond acceptors (Lipinski definition) is 7. The van der Waals surface area contributed by atoms with Crippen molar-refractivity contribution < 1.29 is 18.0 Å². The molecule has 2 aliphatic rings. The highest BCUT2D eigenvalue weighted by atomic mass is 32.2. The molecule has 0 saturated carbocycles. The van der Waals surface area contributed by atoms with Crippen molar-refractivity contribution in [1.82, 2.24) is 20.2 Å². The highest BCUT2D eigenvalue weighted by Crippen LogP contribution is 2.29. The van der Waals surface area contributed by atoms with Gasteiger partial charge in [-0.1, -0.05) is 0 Å². The van der Waals surface area contributed by atoms with Gasteiger partial charge in [0.1, 0.15) is 0 Å². The van der Waals surface area contributed by atoms with Crippen LogP contribution in [0.3, 0.4) is 0 Å². The molecule has 2 saturated heterocycles. The van der Waals surface area contributed by atoms with Crippen molar-refractivity contribution in [3.63, 3.8) is 0 Å². The van der Waals surface area contributed by atoms with Gasteiger partial charge in [0, 0.05) is 25.5 Å². The van der Waals surface area contributed by atoms with E-state index in [1.165, 1.54) is 4.90 Å². The van der Waals surface area contributed by atoms with E-state index in [9.17, 15) is 18.0 Å². The van der Waals surface area contributed by atoms with E-state index >= 15 is 0 Å². The average Bonchev–Trinajstić information content (AvgIpc) is 2.87. The highest BCUT2D eigenvalue weighted by Gasteiger charge is 2.48. The zero-order chi connectivity index (χ0) is 17.3. The molecule has 0 radical (unpaired) electrons. The predicted molar refractivity (Wildman–Crippen MR) is 84.9 cm³/mol. The number of aromatic nitrogens is 2. The van der Waals surface area contributed by atoms with Gasteiger partial charge >= 0.3 is 6.03 Å². The molecule has 3 amide bonds. The fourth-order valence-electron chi connectivity index (χ4n) is 3.21. The number of hydrogen-bond donors (Lipinski definition) is 2. The SMILES string of the molecule is NC(=O)NCC(=O)N1CCN(c2ncccn2)[C@@H]2CS(=O)(=O)C[C@@H]21. The predicted octanol–water partition coefficient (Wildman–Crippen LogP) is -2.04. The molecule has 1 aromatic heterocycles. The van der Waals surface area contributed by atoms with Gasteiger partial charge in [-0.05, 0) is 6.07 Å². The molecule has 3 N–H and O–H groups in total. The van der Waals surface area contributed by atoms with E-state index < -0.39 is 28.0 Å². The number of fused-ring (bicyclic) bond motifs is 1. The lowest BCUT2D eigenvalue weighted by molar-refractivity contribution is -0.132. The Morgan fingerprint density at radius 3 is 2.54 bits per heavy atom. The van der Waals surface area contributed by atoms with Crippen molar-refractivity contribution in [1.29, 1.82) is 0 Å². The second-order valence-electron chi connectivity index (χ2n) is 5.76. The summed E-state index contributed by atoms with van der Waals surface area (Å²) in [6.07, 6.45) is 3.18. The minimum absolute atomic E-state index is 0.0526. The van der Waals surface area contributed by atoms with Crippen LogP contribution in [0.2, 0.25) is 0 Å². The Bertz CT molecular complexity index is 740. The smallest absolute Gasteiger partial charge is 0.312 e. The van der Waals surface area contributed by atoms with Gasteiger partial charge in [0.15, 0.2) is 9.84 Å². The highest BCUT2D eigenvalue weighted by molar-refractivity contribution is 7.91. The zero-order valence-electron chi connectivity index (χ0n) is 12.8. The number of urea groups is 1. The number of carbonyl (C=O) groups excluding carboxylic acids is 2. The molecule has 0 spiro atoms. The van der Waals surface area contributed by atoms with Crippen LogP contribution in [0.1, 0.15) is 0 Å². The number of carbonyl (C=O) groups is 2. The summed E-state index contributed by atoms with van der Waals surface area (Å²) < 4.78 is 24.2. The van der Waals surface area contributed by atoms with Crippen molar-refractivity contribution in [2.45, 2.75) is 12.1 Å². The molecular weight excluding hydrogens is 336 g/mol. The van der Waals surface area contributed by atoms with Crippen LogP contribution in [0.4, 0.5) is 10.7 Å². The van der Waals surface area contributed by atoms with Crippen molar-refractivity contribution in [2.75, 3.05) is 36.0 Å². The van der Waals surface area contributed by atoms with Gasteiger partial charge in [-0.3, -0.25) is 4.79 Å². The van der Waals surface area contributed by atoms with Gasteiger partial charge in [0.05, 0.1) is 30.1 Å². The second kappa shape index (κ2) is 6.23. The van der Waals surface area contributed by atoms with E-state index in [0.29, 0.717) is 19.0 Å². The van der Waals surface area contributed by atoms with Crippen LogP contribution in [0, 0.1) is 0 Å². The molecule has 0 aliphatic carbocycles. The van der Waals surface area contributed by atoms with Gasteiger partial charge in [-0.25, -0.2) is 23.2 Å². The number of sulfone groups is 1. The summed E-state index contributed by atoms with van der Waals surface area (Å²) in [5, 5.41) is 2.25. The summed E-state index contributed by atoms with van der Waals surface area (Å²) in [4.78, 5) is 34.8. The third-order valence-electron chi connectivity index (χ3n) is 4.22. The lowest BCUT2D eigenvalue weighted by Crippen LogP contribution is -2.62. The Kier molecular flexibility index (Phi) is 4.26. The van der Waals surface area contributed by atoms with Crippen LogP contribution in [-0.2, 0) is 14.6 Å². The molecule has 24 heavy (non-hydrogen) atoms. The first kappa shape index (κ1) is 16.4. The lowest BCUT2D eigenvalue weighted by Gasteiger charge is -2.43. The Hall–Kier alpha value is -2.43. The topological polar surface area (TPSA) is 139 Å². The van der Waals surface area contributed by atoms with E-state index in [1.54, 1.807) is 18.5 Å². The summed E-state index contributed by atoms with van der Waals surface area (Å²) in [5.41, 5.74) is 4.98. The first-order valence-electron chi connectivity index (χ1n) is 7.44. The molecular formula is C13H18N6O4S. The quantitative estimate of drug-likeness (QED) is 0.637. The van der Waals surface area contributed by atoms with Crippen molar-refractivity contribution in [3.8, 4) is 0 Å². The largest absolute Gasteiger partial charge is 0.352 e. The number of piperazine rings is 1. The number of primary amides is 1. The number of nitrogens with two attached hydrogens (primary N) is 1. The Balaban J connectivity index is 1.83. The average molecular weight is 354 g/mol. The van der Waals surface area contributed by atoms with Crippen LogP contribution in [-0.4, -0.2) is 78.4 Å². The summed E-state index contributed by atoms with van der Waals surface area (Å²) >= 11 is 0. The van der Waals surface area contributed by atoms with Crippen LogP contribution in [0.5, 0.6) is 0 Å². The Morgan fingerprint density at radius 2 is 1.88 bits per heavy atom. The summed E-state index contributed by atoms with van der Waals surface area (Å²) in [7, 11) is -3.27. The number of rotatable bonds is 3. The fourth-order valence-corrected chi connectivity index (χ4v) is 5.20. The molecule has 2 aliphatic heterocycles. The molecule has 10 nitrogen and oxygen atoms in total. The van der Waals surface area contributed by atoms with Gasteiger partial charge in [0.25, 0.3) is 0 Å². The fraction of sp³-hybridized carbons (Fsp3) is 0.538. The van der Waals surface area contributed by atoms with Gasteiger partial charge in [0.2, 0.25) is 11.9 Å². The summed E-state index contributed by atoms with van der Waals surface area (Å²) in [6.45, 7) is 0.498. The lowest BCUT2D eigenvalue weighted by atomic mass is 10.0. The maximum atomic E-state index is 12.3. The molecule has 1 aromatic rings. The Morgan fingerprint density at radius 1 is 1.21 bits per heavy atom. The van der Waals surface area contributed by atoms with Gasteiger partial charge < -0.3 is 20.9 Å². The molecule has 11 heteroatoms. The van der Waals surface area contributed by atoms with Crippen LogP contribution in [0.25, 0.3) is 0 Å². The molecule has 130 valence electrons. The number of nitrogens with one attached hydrogen (secondary N) is 1. The first-order chi connectivity index (χ1) is 11.4. The molecule has 0 aromatic carbocycles. The molecule has 3 rings (SSSR count). The standard InChI is InChI=1S/C13H18N6O4S/c14-12(21)17-6-11(20)18-4-5-19(13-15-2-1-3-16-13)10-8-24(22,23)7-9(10)18/h1-3,9-10H,4-8H2,(H3,14,17,21)/t9-,10+/m0/s1. The van der Waals surface area contributed by atoms with E-state index in [-0.39, 0.29) is 24.0 Å². The van der Waals surface area contributed by atoms with E-state index in [1.807, 2.05) is 4.90 Å². The minimum Gasteiger partial charge on any atom is -0.352 e. The van der Waals surface area contributed by atoms with Gasteiger partial charge in [-0.2, -0.15) is 0 Å². The van der Waals surface area contributed by atoms with Crippen LogP contribution >= 0.6 is 0 Å². The third kappa shape index (κ3) is 3.25. The van der Waals surface area contributed by atoms with Crippen molar-refractivity contribution in [2.24, 2.45) is 5.73 Å². The van der Waals surface area contributed by atoms with Crippen molar-refractivity contribution >= 4 is 27.7 Å². The molecule has 0 bridgehead atoms. The molecule has 2 fully saturated rings.